The number of thioether (sulfide) groups is 1. The second-order valence-electron chi connectivity index (χ2n) is 6.14. The van der Waals surface area contributed by atoms with Crippen molar-refractivity contribution in [3.63, 3.8) is 0 Å². The number of rotatable bonds is 3. The van der Waals surface area contributed by atoms with E-state index in [0.29, 0.717) is 16.4 Å². The minimum Gasteiger partial charge on any atom is -0.381 e. The summed E-state index contributed by atoms with van der Waals surface area (Å²) < 4.78 is 5.45. The SMILES string of the molecule is N#CC1CCC(c2ccccc2)CC1SC1CCOCC1. The Labute approximate surface area is 131 Å². The Bertz CT molecular complexity index is 478. The maximum Gasteiger partial charge on any atom is 0.0667 e. The van der Waals surface area contributed by atoms with E-state index in [1.165, 1.54) is 5.56 Å². The van der Waals surface area contributed by atoms with Crippen LogP contribution in [0.5, 0.6) is 0 Å². The predicted octanol–water partition coefficient (Wildman–Crippen LogP) is 4.37. The Kier molecular flexibility index (Phi) is 5.22. The lowest BCUT2D eigenvalue weighted by Crippen LogP contribution is -2.29. The first-order chi connectivity index (χ1) is 10.4. The van der Waals surface area contributed by atoms with Crippen LogP contribution in [-0.2, 0) is 4.74 Å². The van der Waals surface area contributed by atoms with Crippen molar-refractivity contribution in [2.24, 2.45) is 5.92 Å². The molecule has 2 aliphatic rings. The van der Waals surface area contributed by atoms with Gasteiger partial charge in [-0.2, -0.15) is 17.0 Å². The Morgan fingerprint density at radius 2 is 1.81 bits per heavy atom. The van der Waals surface area contributed by atoms with Crippen LogP contribution in [0.2, 0.25) is 0 Å². The highest BCUT2D eigenvalue weighted by molar-refractivity contribution is 8.00. The highest BCUT2D eigenvalue weighted by atomic mass is 32.2. The fourth-order valence-corrected chi connectivity index (χ4v) is 5.20. The van der Waals surface area contributed by atoms with Gasteiger partial charge in [-0.05, 0) is 43.6 Å². The van der Waals surface area contributed by atoms with Gasteiger partial charge in [-0.1, -0.05) is 30.3 Å². The number of hydrogen-bond donors (Lipinski definition) is 0. The van der Waals surface area contributed by atoms with E-state index in [-0.39, 0.29) is 5.92 Å². The van der Waals surface area contributed by atoms with Crippen molar-refractivity contribution in [2.75, 3.05) is 13.2 Å². The van der Waals surface area contributed by atoms with Gasteiger partial charge in [0.2, 0.25) is 0 Å². The molecule has 0 bridgehead atoms. The smallest absolute Gasteiger partial charge is 0.0667 e. The van der Waals surface area contributed by atoms with Gasteiger partial charge in [0, 0.05) is 23.7 Å². The molecule has 21 heavy (non-hydrogen) atoms. The third-order valence-corrected chi connectivity index (χ3v) is 6.49. The average molecular weight is 301 g/mol. The molecule has 1 aliphatic carbocycles. The van der Waals surface area contributed by atoms with Crippen LogP contribution in [0.15, 0.2) is 30.3 Å². The van der Waals surface area contributed by atoms with Crippen LogP contribution in [0.4, 0.5) is 0 Å². The summed E-state index contributed by atoms with van der Waals surface area (Å²) in [5.41, 5.74) is 1.45. The molecule has 1 saturated heterocycles. The summed E-state index contributed by atoms with van der Waals surface area (Å²) in [5, 5.41) is 10.6. The zero-order valence-electron chi connectivity index (χ0n) is 12.4. The van der Waals surface area contributed by atoms with Crippen LogP contribution in [0.25, 0.3) is 0 Å². The largest absolute Gasteiger partial charge is 0.381 e. The quantitative estimate of drug-likeness (QED) is 0.831. The van der Waals surface area contributed by atoms with Gasteiger partial charge in [-0.3, -0.25) is 0 Å². The van der Waals surface area contributed by atoms with Crippen molar-refractivity contribution in [1.29, 1.82) is 5.26 Å². The molecule has 1 aliphatic heterocycles. The zero-order valence-corrected chi connectivity index (χ0v) is 13.2. The molecule has 3 atom stereocenters. The van der Waals surface area contributed by atoms with Crippen LogP contribution >= 0.6 is 11.8 Å². The highest BCUT2D eigenvalue weighted by Gasteiger charge is 2.33. The summed E-state index contributed by atoms with van der Waals surface area (Å²) in [6, 6.07) is 13.4. The van der Waals surface area contributed by atoms with Gasteiger partial charge in [-0.15, -0.1) is 0 Å². The minimum atomic E-state index is 0.234. The molecule has 3 unspecified atom stereocenters. The first-order valence-corrected chi connectivity index (χ1v) is 8.99. The molecule has 0 N–H and O–H groups in total. The molecule has 2 nitrogen and oxygen atoms in total. The molecule has 0 radical (unpaired) electrons. The van der Waals surface area contributed by atoms with E-state index < -0.39 is 0 Å². The van der Waals surface area contributed by atoms with Gasteiger partial charge in [0.25, 0.3) is 0 Å². The second kappa shape index (κ2) is 7.33. The Balaban J connectivity index is 1.65. The molecule has 3 heteroatoms. The first kappa shape index (κ1) is 14.9. The zero-order chi connectivity index (χ0) is 14.5. The maximum absolute atomic E-state index is 9.46. The molecule has 112 valence electrons. The lowest BCUT2D eigenvalue weighted by molar-refractivity contribution is 0.0998. The molecule has 0 spiro atoms. The maximum atomic E-state index is 9.46. The summed E-state index contributed by atoms with van der Waals surface area (Å²) in [7, 11) is 0. The van der Waals surface area contributed by atoms with E-state index in [2.05, 4.69) is 48.2 Å². The molecule has 0 aromatic heterocycles. The van der Waals surface area contributed by atoms with Crippen LogP contribution in [-0.4, -0.2) is 23.7 Å². The van der Waals surface area contributed by atoms with Crippen molar-refractivity contribution in [3.8, 4) is 6.07 Å². The van der Waals surface area contributed by atoms with Crippen LogP contribution in [0.1, 0.15) is 43.6 Å². The van der Waals surface area contributed by atoms with Crippen LogP contribution < -0.4 is 0 Å². The summed E-state index contributed by atoms with van der Waals surface area (Å²) in [4.78, 5) is 0. The first-order valence-electron chi connectivity index (χ1n) is 8.04. The molecule has 2 fully saturated rings. The molecule has 3 rings (SSSR count). The Morgan fingerprint density at radius 1 is 1.05 bits per heavy atom. The summed E-state index contributed by atoms with van der Waals surface area (Å²) in [5.74, 6) is 0.867. The van der Waals surface area contributed by atoms with Gasteiger partial charge in [0.1, 0.15) is 0 Å². The molecule has 1 saturated carbocycles. The number of benzene rings is 1. The van der Waals surface area contributed by atoms with E-state index >= 15 is 0 Å². The monoisotopic (exact) mass is 301 g/mol. The highest BCUT2D eigenvalue weighted by Crippen LogP contribution is 2.43. The third kappa shape index (κ3) is 3.81. The fraction of sp³-hybridized carbons (Fsp3) is 0.611. The lowest BCUT2D eigenvalue weighted by atomic mass is 9.79. The Hall–Kier alpha value is -0.980. The number of nitriles is 1. The van der Waals surface area contributed by atoms with E-state index in [1.54, 1.807) is 0 Å². The van der Waals surface area contributed by atoms with Crippen molar-refractivity contribution in [2.45, 2.75) is 48.5 Å². The number of nitrogens with zero attached hydrogens (tertiary/aromatic N) is 1. The van der Waals surface area contributed by atoms with Crippen molar-refractivity contribution in [3.05, 3.63) is 35.9 Å². The molecule has 1 heterocycles. The van der Waals surface area contributed by atoms with Crippen LogP contribution in [0.3, 0.4) is 0 Å². The van der Waals surface area contributed by atoms with E-state index in [4.69, 9.17) is 4.74 Å². The van der Waals surface area contributed by atoms with E-state index in [1.807, 2.05) is 0 Å². The summed E-state index contributed by atoms with van der Waals surface area (Å²) >= 11 is 2.07. The van der Waals surface area contributed by atoms with Crippen molar-refractivity contribution in [1.82, 2.24) is 0 Å². The van der Waals surface area contributed by atoms with Gasteiger partial charge in [0.15, 0.2) is 0 Å². The van der Waals surface area contributed by atoms with Crippen molar-refractivity contribution < 1.29 is 4.74 Å². The standard InChI is InChI=1S/C18H23NOS/c19-13-16-7-6-15(14-4-2-1-3-5-14)12-18(16)21-17-8-10-20-11-9-17/h1-5,15-18H,6-12H2. The molecular formula is C18H23NOS. The second-order valence-corrected chi connectivity index (χ2v) is 7.69. The normalized spacial score (nSPS) is 30.7. The molecule has 1 aromatic carbocycles. The van der Waals surface area contributed by atoms with Gasteiger partial charge < -0.3 is 4.74 Å². The predicted molar refractivity (Wildman–Crippen MR) is 87.4 cm³/mol. The molecule has 0 amide bonds. The average Bonchev–Trinajstić information content (AvgIpc) is 2.56. The molecule has 1 aromatic rings. The van der Waals surface area contributed by atoms with Gasteiger partial charge in [0.05, 0.1) is 12.0 Å². The summed E-state index contributed by atoms with van der Waals surface area (Å²) in [6.07, 6.45) is 5.67. The topological polar surface area (TPSA) is 33.0 Å². The fourth-order valence-electron chi connectivity index (χ4n) is 3.51. The molecular weight excluding hydrogens is 278 g/mol. The van der Waals surface area contributed by atoms with E-state index in [9.17, 15) is 5.26 Å². The number of hydrogen-bond acceptors (Lipinski definition) is 3. The lowest BCUT2D eigenvalue weighted by Gasteiger charge is -2.35. The minimum absolute atomic E-state index is 0.234. The third-order valence-electron chi connectivity index (χ3n) is 4.76. The summed E-state index contributed by atoms with van der Waals surface area (Å²) in [6.45, 7) is 1.79. The van der Waals surface area contributed by atoms with Gasteiger partial charge >= 0.3 is 0 Å². The van der Waals surface area contributed by atoms with Gasteiger partial charge in [-0.25, -0.2) is 0 Å². The number of ether oxygens (including phenoxy) is 1. The van der Waals surface area contributed by atoms with Crippen LogP contribution in [0, 0.1) is 17.2 Å². The van der Waals surface area contributed by atoms with E-state index in [0.717, 1.165) is 45.3 Å². The van der Waals surface area contributed by atoms with Crippen molar-refractivity contribution >= 4 is 11.8 Å². The Morgan fingerprint density at radius 3 is 2.52 bits per heavy atom.